The Morgan fingerprint density at radius 1 is 1.18 bits per heavy atom. The molecule has 8 heteroatoms. The fourth-order valence-corrected chi connectivity index (χ4v) is 2.88. The highest BCUT2D eigenvalue weighted by Gasteiger charge is 2.21. The lowest BCUT2D eigenvalue weighted by Gasteiger charge is -2.14. The summed E-state index contributed by atoms with van der Waals surface area (Å²) in [4.78, 5) is 22.6. The maximum Gasteiger partial charge on any atom is 0.241 e. The molecule has 2 amide bonds. The molecule has 0 radical (unpaired) electrons. The van der Waals surface area contributed by atoms with Crippen molar-refractivity contribution in [2.75, 3.05) is 11.9 Å². The maximum atomic E-state index is 12.2. The van der Waals surface area contributed by atoms with Crippen molar-refractivity contribution in [2.45, 2.75) is 38.1 Å². The molecule has 0 aliphatic heterocycles. The van der Waals surface area contributed by atoms with Crippen molar-refractivity contribution in [3.8, 4) is 0 Å². The Labute approximate surface area is 130 Å². The summed E-state index contributed by atoms with van der Waals surface area (Å²) < 4.78 is 26.7. The van der Waals surface area contributed by atoms with Gasteiger partial charge in [0, 0.05) is 19.2 Å². The number of carbonyl (C=O) groups excluding carboxylic acids is 2. The summed E-state index contributed by atoms with van der Waals surface area (Å²) in [5, 5.41) is 5.17. The minimum atomic E-state index is -3.80. The number of hydrogen-bond donors (Lipinski definition) is 3. The van der Waals surface area contributed by atoms with Crippen molar-refractivity contribution in [1.82, 2.24) is 10.0 Å². The zero-order valence-electron chi connectivity index (χ0n) is 12.8. The van der Waals surface area contributed by atoms with Gasteiger partial charge in [-0.25, -0.2) is 8.42 Å². The second kappa shape index (κ2) is 7.90. The van der Waals surface area contributed by atoms with E-state index in [2.05, 4.69) is 15.4 Å². The molecule has 0 saturated carbocycles. The molecule has 0 spiro atoms. The molecule has 0 fully saturated rings. The largest absolute Gasteiger partial charge is 0.355 e. The summed E-state index contributed by atoms with van der Waals surface area (Å²) in [7, 11) is -3.80. The summed E-state index contributed by atoms with van der Waals surface area (Å²) in [6, 6.07) is 4.83. The average molecular weight is 327 g/mol. The summed E-state index contributed by atoms with van der Waals surface area (Å²) in [6.45, 7) is 5.25. The Kier molecular flexibility index (Phi) is 6.51. The van der Waals surface area contributed by atoms with Crippen molar-refractivity contribution in [3.05, 3.63) is 24.3 Å². The van der Waals surface area contributed by atoms with E-state index in [-0.39, 0.29) is 16.7 Å². The number of rotatable bonds is 7. The van der Waals surface area contributed by atoms with Crippen molar-refractivity contribution in [3.63, 3.8) is 0 Å². The number of benzene rings is 1. The number of sulfonamides is 1. The second-order valence-electron chi connectivity index (χ2n) is 4.84. The van der Waals surface area contributed by atoms with Gasteiger partial charge >= 0.3 is 0 Å². The predicted octanol–water partition coefficient (Wildman–Crippen LogP) is 0.838. The van der Waals surface area contributed by atoms with Gasteiger partial charge < -0.3 is 10.6 Å². The number of carbonyl (C=O) groups is 2. The molecule has 1 unspecified atom stereocenters. The van der Waals surface area contributed by atoms with E-state index >= 15 is 0 Å². The predicted molar refractivity (Wildman–Crippen MR) is 83.8 cm³/mol. The van der Waals surface area contributed by atoms with E-state index in [9.17, 15) is 18.0 Å². The molecular weight excluding hydrogens is 306 g/mol. The first-order chi connectivity index (χ1) is 10.3. The molecule has 122 valence electrons. The van der Waals surface area contributed by atoms with E-state index in [0.717, 1.165) is 6.42 Å². The van der Waals surface area contributed by atoms with E-state index in [4.69, 9.17) is 0 Å². The molecule has 0 aliphatic rings. The van der Waals surface area contributed by atoms with Crippen LogP contribution in [0.2, 0.25) is 0 Å². The third-order valence-electron chi connectivity index (χ3n) is 2.76. The van der Waals surface area contributed by atoms with Crippen LogP contribution in [0.3, 0.4) is 0 Å². The standard InChI is InChI=1S/C14H21N3O4S/c1-4-9-15-14(19)10(2)17-22(20,21)13-7-5-12(6-8-13)16-11(3)18/h5-8,10,17H,4,9H2,1-3H3,(H,15,19)(H,16,18). The molecule has 0 saturated heterocycles. The number of anilines is 1. The van der Waals surface area contributed by atoms with Gasteiger partial charge in [0.2, 0.25) is 21.8 Å². The van der Waals surface area contributed by atoms with E-state index in [1.165, 1.54) is 38.1 Å². The molecule has 1 aromatic rings. The zero-order valence-corrected chi connectivity index (χ0v) is 13.7. The Hall–Kier alpha value is -1.93. The Morgan fingerprint density at radius 3 is 2.27 bits per heavy atom. The number of nitrogens with one attached hydrogen (secondary N) is 3. The normalized spacial score (nSPS) is 12.5. The zero-order chi connectivity index (χ0) is 16.8. The van der Waals surface area contributed by atoms with Crippen molar-refractivity contribution < 1.29 is 18.0 Å². The molecule has 0 bridgehead atoms. The fourth-order valence-electron chi connectivity index (χ4n) is 1.68. The molecule has 1 atom stereocenters. The monoisotopic (exact) mass is 327 g/mol. The SMILES string of the molecule is CCCNC(=O)C(C)NS(=O)(=O)c1ccc(NC(C)=O)cc1. The van der Waals surface area contributed by atoms with E-state index in [1.807, 2.05) is 6.92 Å². The molecule has 1 rings (SSSR count). The first kappa shape index (κ1) is 18.1. The van der Waals surface area contributed by atoms with Gasteiger partial charge in [0.1, 0.15) is 0 Å². The summed E-state index contributed by atoms with van der Waals surface area (Å²) in [5.41, 5.74) is 0.500. The Morgan fingerprint density at radius 2 is 1.77 bits per heavy atom. The van der Waals surface area contributed by atoms with Crippen LogP contribution in [-0.4, -0.2) is 32.8 Å². The molecule has 1 aromatic carbocycles. The third kappa shape index (κ3) is 5.45. The van der Waals surface area contributed by atoms with Gasteiger partial charge in [-0.1, -0.05) is 6.92 Å². The number of amides is 2. The van der Waals surface area contributed by atoms with E-state index in [0.29, 0.717) is 12.2 Å². The van der Waals surface area contributed by atoms with Gasteiger partial charge in [0.05, 0.1) is 10.9 Å². The molecule has 0 heterocycles. The lowest BCUT2D eigenvalue weighted by Crippen LogP contribution is -2.44. The van der Waals surface area contributed by atoms with Crippen LogP contribution in [0.4, 0.5) is 5.69 Å². The minimum absolute atomic E-state index is 0.0248. The summed E-state index contributed by atoms with van der Waals surface area (Å²) in [6.07, 6.45) is 0.774. The average Bonchev–Trinajstić information content (AvgIpc) is 2.44. The second-order valence-corrected chi connectivity index (χ2v) is 6.55. The van der Waals surface area contributed by atoms with Gasteiger partial charge in [-0.15, -0.1) is 0 Å². The van der Waals surface area contributed by atoms with Gasteiger partial charge in [0.15, 0.2) is 0 Å². The van der Waals surface area contributed by atoms with Crippen LogP contribution in [0.15, 0.2) is 29.2 Å². The van der Waals surface area contributed by atoms with Crippen LogP contribution in [0.5, 0.6) is 0 Å². The quantitative estimate of drug-likeness (QED) is 0.690. The Bertz CT molecular complexity index is 626. The molecular formula is C14H21N3O4S. The topological polar surface area (TPSA) is 104 Å². The van der Waals surface area contributed by atoms with Crippen LogP contribution in [0.25, 0.3) is 0 Å². The van der Waals surface area contributed by atoms with Gasteiger partial charge in [0.25, 0.3) is 0 Å². The highest BCUT2D eigenvalue weighted by atomic mass is 32.2. The van der Waals surface area contributed by atoms with Crippen LogP contribution in [0, 0.1) is 0 Å². The van der Waals surface area contributed by atoms with Crippen LogP contribution < -0.4 is 15.4 Å². The highest BCUT2D eigenvalue weighted by molar-refractivity contribution is 7.89. The molecule has 0 aliphatic carbocycles. The van der Waals surface area contributed by atoms with Crippen LogP contribution in [0.1, 0.15) is 27.2 Å². The maximum absolute atomic E-state index is 12.2. The summed E-state index contributed by atoms with van der Waals surface area (Å²) >= 11 is 0. The van der Waals surface area contributed by atoms with Crippen LogP contribution in [-0.2, 0) is 19.6 Å². The van der Waals surface area contributed by atoms with Gasteiger partial charge in [-0.3, -0.25) is 9.59 Å². The fraction of sp³-hybridized carbons (Fsp3) is 0.429. The minimum Gasteiger partial charge on any atom is -0.355 e. The lowest BCUT2D eigenvalue weighted by atomic mass is 10.3. The smallest absolute Gasteiger partial charge is 0.241 e. The molecule has 0 aromatic heterocycles. The highest BCUT2D eigenvalue weighted by Crippen LogP contribution is 2.14. The van der Waals surface area contributed by atoms with Crippen molar-refractivity contribution in [2.24, 2.45) is 0 Å². The summed E-state index contributed by atoms with van der Waals surface area (Å²) in [5.74, 6) is -0.616. The Balaban J connectivity index is 2.77. The van der Waals surface area contributed by atoms with Gasteiger partial charge in [-0.05, 0) is 37.6 Å². The van der Waals surface area contributed by atoms with Crippen molar-refractivity contribution in [1.29, 1.82) is 0 Å². The molecule has 3 N–H and O–H groups in total. The van der Waals surface area contributed by atoms with E-state index < -0.39 is 16.1 Å². The molecule has 7 nitrogen and oxygen atoms in total. The number of hydrogen-bond acceptors (Lipinski definition) is 4. The first-order valence-electron chi connectivity index (χ1n) is 6.94. The lowest BCUT2D eigenvalue weighted by molar-refractivity contribution is -0.122. The van der Waals surface area contributed by atoms with Crippen LogP contribution >= 0.6 is 0 Å². The van der Waals surface area contributed by atoms with Gasteiger partial charge in [-0.2, -0.15) is 4.72 Å². The van der Waals surface area contributed by atoms with Crippen molar-refractivity contribution >= 4 is 27.5 Å². The molecule has 22 heavy (non-hydrogen) atoms. The first-order valence-corrected chi connectivity index (χ1v) is 8.42. The van der Waals surface area contributed by atoms with E-state index in [1.54, 1.807) is 0 Å². The third-order valence-corrected chi connectivity index (χ3v) is 4.32.